The number of ether oxygens (including phenoxy) is 1. The lowest BCUT2D eigenvalue weighted by Gasteiger charge is -2.13. The van der Waals surface area contributed by atoms with E-state index in [1.165, 1.54) is 12.1 Å². The molecule has 3 rings (SSSR count). The molecule has 2 aromatic carbocycles. The van der Waals surface area contributed by atoms with Crippen LogP contribution in [-0.4, -0.2) is 29.3 Å². The summed E-state index contributed by atoms with van der Waals surface area (Å²) in [6.07, 6.45) is 3.33. The number of carboxylic acids is 1. The number of carboxylic acid groups (broad SMARTS) is 1. The van der Waals surface area contributed by atoms with Gasteiger partial charge in [0, 0.05) is 10.0 Å². The van der Waals surface area contributed by atoms with Gasteiger partial charge in [-0.1, -0.05) is 40.2 Å². The fourth-order valence-corrected chi connectivity index (χ4v) is 3.31. The van der Waals surface area contributed by atoms with Crippen LogP contribution >= 0.6 is 27.5 Å². The molecule has 6 nitrogen and oxygen atoms in total. The minimum absolute atomic E-state index is 0.0857. The highest BCUT2D eigenvalue weighted by Crippen LogP contribution is 2.31. The van der Waals surface area contributed by atoms with Gasteiger partial charge in [-0.3, -0.25) is 4.79 Å². The molecule has 29 heavy (non-hydrogen) atoms. The van der Waals surface area contributed by atoms with Crippen LogP contribution in [0.15, 0.2) is 64.2 Å². The molecule has 1 amide bonds. The Balaban J connectivity index is 1.99. The first kappa shape index (κ1) is 20.8. The van der Waals surface area contributed by atoms with E-state index in [-0.39, 0.29) is 16.5 Å². The van der Waals surface area contributed by atoms with Gasteiger partial charge in [-0.15, -0.1) is 0 Å². The summed E-state index contributed by atoms with van der Waals surface area (Å²) >= 11 is 9.34. The van der Waals surface area contributed by atoms with E-state index < -0.39 is 5.97 Å². The molecule has 1 N–H and O–H groups in total. The highest BCUT2D eigenvalue weighted by atomic mass is 79.9. The molecular weight excluding hydrogens is 460 g/mol. The van der Waals surface area contributed by atoms with E-state index in [4.69, 9.17) is 16.3 Å². The van der Waals surface area contributed by atoms with Crippen LogP contribution in [0.5, 0.6) is 5.75 Å². The summed E-state index contributed by atoms with van der Waals surface area (Å²) in [6.45, 7) is 5.67. The molecule has 0 unspecified atom stereocenters. The normalized spacial score (nSPS) is 14.9. The molecule has 2 aromatic rings. The maximum Gasteiger partial charge on any atom is 0.337 e. The first-order valence-electron chi connectivity index (χ1n) is 8.49. The van der Waals surface area contributed by atoms with Crippen molar-refractivity contribution < 1.29 is 19.4 Å². The summed E-state index contributed by atoms with van der Waals surface area (Å²) < 4.78 is 6.49. The van der Waals surface area contributed by atoms with E-state index in [2.05, 4.69) is 27.6 Å². The van der Waals surface area contributed by atoms with Crippen molar-refractivity contribution in [2.45, 2.75) is 6.92 Å². The first-order valence-corrected chi connectivity index (χ1v) is 9.66. The van der Waals surface area contributed by atoms with Crippen LogP contribution in [-0.2, 0) is 4.79 Å². The SMILES string of the molecule is C=CCOc1ccc(Br)cc1/C=C1\C(=O)N(c2ccc(Cl)c(C(=O)O)c2)N=C1C. The zero-order valence-electron chi connectivity index (χ0n) is 15.4. The van der Waals surface area contributed by atoms with Gasteiger partial charge in [-0.2, -0.15) is 10.1 Å². The molecule has 1 aliphatic heterocycles. The van der Waals surface area contributed by atoms with E-state index in [1.54, 1.807) is 31.2 Å². The predicted octanol–water partition coefficient (Wildman–Crippen LogP) is 5.17. The molecule has 0 bridgehead atoms. The lowest BCUT2D eigenvalue weighted by Crippen LogP contribution is -2.21. The van der Waals surface area contributed by atoms with Crippen LogP contribution in [0.4, 0.5) is 5.69 Å². The zero-order valence-corrected chi connectivity index (χ0v) is 17.7. The quantitative estimate of drug-likeness (QED) is 0.462. The Morgan fingerprint density at radius 3 is 2.79 bits per heavy atom. The van der Waals surface area contributed by atoms with Gasteiger partial charge in [0.05, 0.1) is 27.6 Å². The van der Waals surface area contributed by atoms with E-state index in [9.17, 15) is 14.7 Å². The first-order chi connectivity index (χ1) is 13.8. The van der Waals surface area contributed by atoms with Crippen molar-refractivity contribution in [1.82, 2.24) is 0 Å². The van der Waals surface area contributed by atoms with E-state index >= 15 is 0 Å². The molecule has 1 aliphatic rings. The number of hydrazone groups is 1. The molecule has 8 heteroatoms. The highest BCUT2D eigenvalue weighted by Gasteiger charge is 2.29. The number of nitrogens with zero attached hydrogens (tertiary/aromatic N) is 2. The van der Waals surface area contributed by atoms with Crippen LogP contribution in [0.3, 0.4) is 0 Å². The fraction of sp³-hybridized carbons (Fsp3) is 0.0952. The number of carbonyl (C=O) groups excluding carboxylic acids is 1. The highest BCUT2D eigenvalue weighted by molar-refractivity contribution is 9.10. The van der Waals surface area contributed by atoms with Crippen molar-refractivity contribution in [1.29, 1.82) is 0 Å². The van der Waals surface area contributed by atoms with Crippen LogP contribution in [0.1, 0.15) is 22.8 Å². The smallest absolute Gasteiger partial charge is 0.337 e. The molecule has 0 aliphatic carbocycles. The third-order valence-electron chi connectivity index (χ3n) is 4.12. The molecule has 0 radical (unpaired) electrons. The Bertz CT molecular complexity index is 1080. The van der Waals surface area contributed by atoms with Crippen molar-refractivity contribution in [3.05, 3.63) is 75.2 Å². The molecule has 148 valence electrons. The number of aromatic carboxylic acids is 1. The van der Waals surface area contributed by atoms with Gasteiger partial charge in [0.25, 0.3) is 5.91 Å². The standard InChI is InChI=1S/C21H16BrClN2O4/c1-3-8-29-19-7-4-14(22)9-13(19)10-16-12(2)24-25(20(16)26)15-5-6-18(23)17(11-15)21(27)28/h3-7,9-11H,1,8H2,2H3,(H,27,28)/b16-10-. The minimum atomic E-state index is -1.18. The molecule has 0 atom stereocenters. The Morgan fingerprint density at radius 1 is 1.34 bits per heavy atom. The molecule has 0 fully saturated rings. The topological polar surface area (TPSA) is 79.2 Å². The Morgan fingerprint density at radius 2 is 2.10 bits per heavy atom. The third-order valence-corrected chi connectivity index (χ3v) is 4.94. The van der Waals surface area contributed by atoms with E-state index in [0.717, 1.165) is 9.48 Å². The number of hydrogen-bond donors (Lipinski definition) is 1. The number of amides is 1. The van der Waals surface area contributed by atoms with Gasteiger partial charge in [0.2, 0.25) is 0 Å². The van der Waals surface area contributed by atoms with Crippen LogP contribution < -0.4 is 9.75 Å². The third kappa shape index (κ3) is 4.41. The summed E-state index contributed by atoms with van der Waals surface area (Å²) in [5.74, 6) is -0.965. The van der Waals surface area contributed by atoms with Crippen LogP contribution in [0, 0.1) is 0 Å². The van der Waals surface area contributed by atoms with Crippen LogP contribution in [0.2, 0.25) is 5.02 Å². The van der Waals surface area contributed by atoms with Crippen LogP contribution in [0.25, 0.3) is 6.08 Å². The molecule has 0 saturated heterocycles. The lowest BCUT2D eigenvalue weighted by atomic mass is 10.1. The maximum atomic E-state index is 13.0. The average Bonchev–Trinajstić information content (AvgIpc) is 2.96. The molecule has 1 heterocycles. The zero-order chi connectivity index (χ0) is 21.1. The number of benzene rings is 2. The molecule has 0 saturated carbocycles. The van der Waals surface area contributed by atoms with Gasteiger partial charge in [-0.05, 0) is 49.4 Å². The molecule has 0 aromatic heterocycles. The Hall–Kier alpha value is -2.90. The average molecular weight is 476 g/mol. The molecular formula is C21H16BrClN2O4. The largest absolute Gasteiger partial charge is 0.489 e. The summed E-state index contributed by atoms with van der Waals surface area (Å²) in [5, 5.41) is 14.8. The second kappa shape index (κ2) is 8.63. The number of rotatable bonds is 6. The van der Waals surface area contributed by atoms with Crippen molar-refractivity contribution in [3.8, 4) is 5.75 Å². The number of halogens is 2. The number of carbonyl (C=O) groups is 2. The summed E-state index contributed by atoms with van der Waals surface area (Å²) in [7, 11) is 0. The lowest BCUT2D eigenvalue weighted by molar-refractivity contribution is -0.114. The molecule has 0 spiro atoms. The number of hydrogen-bond acceptors (Lipinski definition) is 4. The van der Waals surface area contributed by atoms with Gasteiger partial charge in [0.15, 0.2) is 0 Å². The van der Waals surface area contributed by atoms with Crippen molar-refractivity contribution in [2.75, 3.05) is 11.6 Å². The summed E-state index contributed by atoms with van der Waals surface area (Å²) in [5.41, 5.74) is 1.78. The van der Waals surface area contributed by atoms with E-state index in [0.29, 0.717) is 34.9 Å². The van der Waals surface area contributed by atoms with Crippen molar-refractivity contribution >= 4 is 56.9 Å². The van der Waals surface area contributed by atoms with Gasteiger partial charge < -0.3 is 9.84 Å². The number of anilines is 1. The van der Waals surface area contributed by atoms with Crippen molar-refractivity contribution in [2.24, 2.45) is 5.10 Å². The van der Waals surface area contributed by atoms with Gasteiger partial charge in [0.1, 0.15) is 12.4 Å². The minimum Gasteiger partial charge on any atom is -0.489 e. The Kier molecular flexibility index (Phi) is 6.20. The van der Waals surface area contributed by atoms with Crippen molar-refractivity contribution in [3.63, 3.8) is 0 Å². The summed E-state index contributed by atoms with van der Waals surface area (Å²) in [6, 6.07) is 9.76. The van der Waals surface area contributed by atoms with Gasteiger partial charge in [-0.25, -0.2) is 4.79 Å². The monoisotopic (exact) mass is 474 g/mol. The second-order valence-corrected chi connectivity index (χ2v) is 7.43. The second-order valence-electron chi connectivity index (χ2n) is 6.11. The maximum absolute atomic E-state index is 13.0. The fourth-order valence-electron chi connectivity index (χ4n) is 2.74. The summed E-state index contributed by atoms with van der Waals surface area (Å²) in [4.78, 5) is 24.3. The van der Waals surface area contributed by atoms with Gasteiger partial charge >= 0.3 is 5.97 Å². The Labute approximate surface area is 180 Å². The predicted molar refractivity (Wildman–Crippen MR) is 117 cm³/mol. The van der Waals surface area contributed by atoms with E-state index in [1.807, 2.05) is 12.1 Å².